The molecule has 94 valence electrons. The number of nitrogen functional groups attached to an aromatic ring is 1. The van der Waals surface area contributed by atoms with Crippen LogP contribution in [0.4, 0.5) is 5.82 Å². The van der Waals surface area contributed by atoms with Crippen LogP contribution < -0.4 is 10.5 Å². The molecule has 2 aromatic heterocycles. The molecule has 0 aromatic carbocycles. The smallest absolute Gasteiger partial charge is 0.364 e. The van der Waals surface area contributed by atoms with Crippen molar-refractivity contribution in [2.45, 2.75) is 19.9 Å². The normalized spacial score (nSPS) is 10.6. The Hall–Kier alpha value is -2.37. The second-order valence-electron chi connectivity index (χ2n) is 4.07. The highest BCUT2D eigenvalue weighted by molar-refractivity contribution is 5.89. The van der Waals surface area contributed by atoms with Crippen molar-refractivity contribution in [1.82, 2.24) is 14.8 Å². The molecule has 0 fully saturated rings. The fourth-order valence-electron chi connectivity index (χ4n) is 1.49. The van der Waals surface area contributed by atoms with Crippen LogP contribution in [-0.2, 0) is 0 Å². The van der Waals surface area contributed by atoms with Gasteiger partial charge in [0, 0.05) is 18.3 Å². The zero-order valence-electron chi connectivity index (χ0n) is 10.2. The van der Waals surface area contributed by atoms with E-state index in [4.69, 9.17) is 10.5 Å². The standard InChI is InChI=1S/C12H14N4O2/c1-8(2)16-11(13)6-10(15-16)12(17)18-9-4-3-5-14-7-9/h3-8H,13H2,1-2H3. The average Bonchev–Trinajstić information content (AvgIpc) is 2.73. The van der Waals surface area contributed by atoms with Crippen molar-refractivity contribution < 1.29 is 9.53 Å². The molecule has 2 N–H and O–H groups in total. The van der Waals surface area contributed by atoms with Gasteiger partial charge < -0.3 is 10.5 Å². The summed E-state index contributed by atoms with van der Waals surface area (Å²) in [5.74, 6) is 0.261. The van der Waals surface area contributed by atoms with Crippen LogP contribution >= 0.6 is 0 Å². The first-order valence-electron chi connectivity index (χ1n) is 5.55. The lowest BCUT2D eigenvalue weighted by atomic mass is 10.4. The fourth-order valence-corrected chi connectivity index (χ4v) is 1.49. The third-order valence-electron chi connectivity index (χ3n) is 2.31. The summed E-state index contributed by atoms with van der Waals surface area (Å²) in [5.41, 5.74) is 5.94. The van der Waals surface area contributed by atoms with Crippen molar-refractivity contribution >= 4 is 11.8 Å². The highest BCUT2D eigenvalue weighted by Gasteiger charge is 2.16. The molecule has 0 amide bonds. The van der Waals surface area contributed by atoms with Crippen LogP contribution in [0, 0.1) is 0 Å². The number of nitrogens with zero attached hydrogens (tertiary/aromatic N) is 3. The maximum atomic E-state index is 11.8. The van der Waals surface area contributed by atoms with Gasteiger partial charge in [-0.05, 0) is 26.0 Å². The first kappa shape index (κ1) is 12.1. The Morgan fingerprint density at radius 3 is 2.83 bits per heavy atom. The van der Waals surface area contributed by atoms with E-state index in [0.29, 0.717) is 11.6 Å². The predicted molar refractivity (Wildman–Crippen MR) is 66.2 cm³/mol. The summed E-state index contributed by atoms with van der Waals surface area (Å²) in [4.78, 5) is 15.7. The van der Waals surface area contributed by atoms with Gasteiger partial charge in [-0.3, -0.25) is 4.98 Å². The van der Waals surface area contributed by atoms with E-state index in [2.05, 4.69) is 10.1 Å². The molecule has 0 saturated heterocycles. The molecule has 0 aliphatic rings. The van der Waals surface area contributed by atoms with E-state index in [1.807, 2.05) is 13.8 Å². The quantitative estimate of drug-likeness (QED) is 0.833. The Morgan fingerprint density at radius 2 is 2.28 bits per heavy atom. The van der Waals surface area contributed by atoms with Crippen LogP contribution in [0.15, 0.2) is 30.6 Å². The second-order valence-corrected chi connectivity index (χ2v) is 4.07. The number of rotatable bonds is 3. The van der Waals surface area contributed by atoms with Gasteiger partial charge in [-0.2, -0.15) is 5.10 Å². The molecule has 0 spiro atoms. The Bertz CT molecular complexity index is 548. The minimum absolute atomic E-state index is 0.0879. The maximum Gasteiger partial charge on any atom is 0.364 e. The number of esters is 1. The number of carbonyl (C=O) groups is 1. The van der Waals surface area contributed by atoms with E-state index in [9.17, 15) is 4.79 Å². The summed E-state index contributed by atoms with van der Waals surface area (Å²) in [5, 5.41) is 4.10. The Balaban J connectivity index is 2.17. The van der Waals surface area contributed by atoms with Gasteiger partial charge in [0.1, 0.15) is 11.6 Å². The topological polar surface area (TPSA) is 83.0 Å². The van der Waals surface area contributed by atoms with E-state index in [0.717, 1.165) is 0 Å². The lowest BCUT2D eigenvalue weighted by Gasteiger charge is -2.06. The predicted octanol–water partition coefficient (Wildman–Crippen LogP) is 1.66. The molecule has 0 unspecified atom stereocenters. The van der Waals surface area contributed by atoms with Crippen molar-refractivity contribution in [3.8, 4) is 5.75 Å². The van der Waals surface area contributed by atoms with Gasteiger partial charge >= 0.3 is 5.97 Å². The number of hydrogen-bond acceptors (Lipinski definition) is 5. The molecule has 2 rings (SSSR count). The van der Waals surface area contributed by atoms with Gasteiger partial charge in [-0.25, -0.2) is 9.48 Å². The van der Waals surface area contributed by atoms with E-state index < -0.39 is 5.97 Å². The van der Waals surface area contributed by atoms with Gasteiger partial charge in [0.25, 0.3) is 0 Å². The summed E-state index contributed by atoms with van der Waals surface area (Å²) >= 11 is 0. The lowest BCUT2D eigenvalue weighted by molar-refractivity contribution is 0.0727. The number of aromatic nitrogens is 3. The molecule has 0 atom stereocenters. The van der Waals surface area contributed by atoms with Gasteiger partial charge in [0.15, 0.2) is 5.69 Å². The minimum Gasteiger partial charge on any atom is -0.420 e. The summed E-state index contributed by atoms with van der Waals surface area (Å²) in [6.45, 7) is 3.86. The Labute approximate surface area is 104 Å². The van der Waals surface area contributed by atoms with E-state index in [1.165, 1.54) is 12.3 Å². The minimum atomic E-state index is -0.547. The first-order chi connectivity index (χ1) is 8.58. The third kappa shape index (κ3) is 2.48. The highest BCUT2D eigenvalue weighted by atomic mass is 16.5. The lowest BCUT2D eigenvalue weighted by Crippen LogP contribution is -2.11. The molecule has 6 nitrogen and oxygen atoms in total. The molecule has 18 heavy (non-hydrogen) atoms. The molecule has 6 heteroatoms. The second kappa shape index (κ2) is 4.87. The van der Waals surface area contributed by atoms with Crippen LogP contribution in [0.3, 0.4) is 0 Å². The van der Waals surface area contributed by atoms with Crippen LogP contribution in [0.2, 0.25) is 0 Å². The van der Waals surface area contributed by atoms with Gasteiger partial charge in [0.05, 0.1) is 6.20 Å². The molecule has 2 aromatic rings. The molecule has 2 heterocycles. The first-order valence-corrected chi connectivity index (χ1v) is 5.55. The number of pyridine rings is 1. The molecule has 0 aliphatic heterocycles. The number of ether oxygens (including phenoxy) is 1. The number of carbonyl (C=O) groups excluding carboxylic acids is 1. The van der Waals surface area contributed by atoms with E-state index >= 15 is 0 Å². The van der Waals surface area contributed by atoms with Crippen LogP contribution in [-0.4, -0.2) is 20.7 Å². The van der Waals surface area contributed by atoms with Crippen molar-refractivity contribution in [1.29, 1.82) is 0 Å². The summed E-state index contributed by atoms with van der Waals surface area (Å²) in [6.07, 6.45) is 3.06. The van der Waals surface area contributed by atoms with E-state index in [1.54, 1.807) is 23.0 Å². The van der Waals surface area contributed by atoms with Crippen LogP contribution in [0.5, 0.6) is 5.75 Å². The zero-order valence-corrected chi connectivity index (χ0v) is 10.2. The Morgan fingerprint density at radius 1 is 1.50 bits per heavy atom. The molecule has 0 bridgehead atoms. The van der Waals surface area contributed by atoms with Crippen molar-refractivity contribution in [2.24, 2.45) is 0 Å². The van der Waals surface area contributed by atoms with Gasteiger partial charge in [0.2, 0.25) is 0 Å². The zero-order chi connectivity index (χ0) is 13.1. The number of hydrogen-bond donors (Lipinski definition) is 1. The largest absolute Gasteiger partial charge is 0.420 e. The summed E-state index contributed by atoms with van der Waals surface area (Å²) in [6, 6.07) is 4.92. The SMILES string of the molecule is CC(C)n1nc(C(=O)Oc2cccnc2)cc1N. The van der Waals surface area contributed by atoms with Crippen molar-refractivity contribution in [2.75, 3.05) is 5.73 Å². The third-order valence-corrected chi connectivity index (χ3v) is 2.31. The van der Waals surface area contributed by atoms with Gasteiger partial charge in [-0.15, -0.1) is 0 Å². The van der Waals surface area contributed by atoms with Crippen LogP contribution in [0.1, 0.15) is 30.4 Å². The molecular formula is C12H14N4O2. The average molecular weight is 246 g/mol. The maximum absolute atomic E-state index is 11.8. The van der Waals surface area contributed by atoms with Crippen LogP contribution in [0.25, 0.3) is 0 Å². The number of nitrogens with two attached hydrogens (primary N) is 1. The summed E-state index contributed by atoms with van der Waals surface area (Å²) in [7, 11) is 0. The van der Waals surface area contributed by atoms with Crippen molar-refractivity contribution in [3.05, 3.63) is 36.3 Å². The summed E-state index contributed by atoms with van der Waals surface area (Å²) < 4.78 is 6.68. The monoisotopic (exact) mass is 246 g/mol. The van der Waals surface area contributed by atoms with Crippen molar-refractivity contribution in [3.63, 3.8) is 0 Å². The fraction of sp³-hybridized carbons (Fsp3) is 0.250. The highest BCUT2D eigenvalue weighted by Crippen LogP contribution is 2.15. The molecule has 0 aliphatic carbocycles. The van der Waals surface area contributed by atoms with Gasteiger partial charge in [-0.1, -0.05) is 0 Å². The number of anilines is 1. The van der Waals surface area contributed by atoms with E-state index in [-0.39, 0.29) is 11.7 Å². The Kier molecular flexibility index (Phi) is 3.27. The molecular weight excluding hydrogens is 232 g/mol. The molecule has 0 saturated carbocycles. The molecule has 0 radical (unpaired) electrons.